The van der Waals surface area contributed by atoms with Crippen molar-refractivity contribution in [2.75, 3.05) is 0 Å². The van der Waals surface area contributed by atoms with Crippen molar-refractivity contribution in [3.8, 4) is 0 Å². The van der Waals surface area contributed by atoms with Crippen LogP contribution < -0.4 is 5.32 Å². The molecule has 0 spiro atoms. The summed E-state index contributed by atoms with van der Waals surface area (Å²) in [6.45, 7) is 8.33. The minimum atomic E-state index is -1.29. The topological polar surface area (TPSA) is 90.9 Å². The number of nitrogens with one attached hydrogen (secondary N) is 1. The average molecular weight is 486 g/mol. The Kier molecular flexibility index (Phi) is 6.84. The van der Waals surface area contributed by atoms with Crippen molar-refractivity contribution < 1.29 is 28.6 Å². The van der Waals surface area contributed by atoms with Crippen molar-refractivity contribution in [3.63, 3.8) is 0 Å². The summed E-state index contributed by atoms with van der Waals surface area (Å²) in [5, 5.41) is 2.08. The van der Waals surface area contributed by atoms with Crippen LogP contribution in [0.5, 0.6) is 0 Å². The number of hydrogen-bond donors (Lipinski definition) is 1. The zero-order chi connectivity index (χ0) is 22.0. The largest absolute Gasteiger partial charge is 0.444 e. The average Bonchev–Trinajstić information content (AvgIpc) is 2.50. The second kappa shape index (κ2) is 8.47. The van der Waals surface area contributed by atoms with Gasteiger partial charge in [-0.05, 0) is 51.3 Å². The molecule has 1 heterocycles. The summed E-state index contributed by atoms with van der Waals surface area (Å²) in [5.74, 6) is -3.68. The molecular formula is C20H28BrNO6Si. The second-order valence-corrected chi connectivity index (χ2v) is 11.8. The van der Waals surface area contributed by atoms with Crippen LogP contribution in [-0.2, 0) is 30.2 Å². The van der Waals surface area contributed by atoms with Gasteiger partial charge in [0.25, 0.3) is 5.79 Å². The molecule has 1 unspecified atom stereocenters. The summed E-state index contributed by atoms with van der Waals surface area (Å²) in [6.07, 6.45) is -0.0865. The van der Waals surface area contributed by atoms with E-state index in [0.717, 1.165) is 10.0 Å². The second-order valence-electron chi connectivity index (χ2n) is 8.99. The van der Waals surface area contributed by atoms with E-state index < -0.39 is 40.5 Å². The number of benzene rings is 1. The first-order valence-corrected chi connectivity index (χ1v) is 11.2. The van der Waals surface area contributed by atoms with Crippen LogP contribution in [0.25, 0.3) is 0 Å². The molecule has 2 rings (SSSR count). The number of hydrogen-bond acceptors (Lipinski definition) is 6. The number of halogens is 1. The van der Waals surface area contributed by atoms with Gasteiger partial charge in [0.1, 0.15) is 5.60 Å². The smallest absolute Gasteiger partial charge is 0.407 e. The number of amides is 1. The van der Waals surface area contributed by atoms with E-state index in [0.29, 0.717) is 16.7 Å². The molecule has 160 valence electrons. The minimum absolute atomic E-state index is 0.0717. The molecular weight excluding hydrogens is 458 g/mol. The van der Waals surface area contributed by atoms with Gasteiger partial charge in [-0.3, -0.25) is 9.59 Å². The van der Waals surface area contributed by atoms with E-state index in [4.69, 9.17) is 14.2 Å². The maximum absolute atomic E-state index is 12.5. The van der Waals surface area contributed by atoms with E-state index in [1.165, 1.54) is 13.8 Å². The molecule has 1 amide bonds. The molecule has 7 nitrogen and oxygen atoms in total. The zero-order valence-electron chi connectivity index (χ0n) is 17.6. The van der Waals surface area contributed by atoms with Gasteiger partial charge in [0, 0.05) is 33.7 Å². The lowest BCUT2D eigenvalue weighted by Gasteiger charge is -2.38. The quantitative estimate of drug-likeness (QED) is 0.391. The molecule has 0 aliphatic carbocycles. The third-order valence-corrected chi connectivity index (χ3v) is 5.77. The molecule has 1 N–H and O–H groups in total. The Balaban J connectivity index is 2.25. The van der Waals surface area contributed by atoms with E-state index in [-0.39, 0.29) is 6.42 Å². The van der Waals surface area contributed by atoms with Gasteiger partial charge in [-0.25, -0.2) is 4.79 Å². The third kappa shape index (κ3) is 7.15. The number of carbonyl (C=O) groups is 3. The maximum Gasteiger partial charge on any atom is 0.407 e. The summed E-state index contributed by atoms with van der Waals surface area (Å²) < 4.78 is 16.8. The highest BCUT2D eigenvalue weighted by Crippen LogP contribution is 2.29. The van der Waals surface area contributed by atoms with Crippen LogP contribution in [0.3, 0.4) is 0 Å². The number of ether oxygens (including phenoxy) is 3. The van der Waals surface area contributed by atoms with Gasteiger partial charge in [-0.2, -0.15) is 0 Å². The Morgan fingerprint density at radius 2 is 1.69 bits per heavy atom. The molecule has 1 aromatic carbocycles. The first-order chi connectivity index (χ1) is 13.2. The normalized spacial score (nSPS) is 19.1. The molecule has 0 bridgehead atoms. The lowest BCUT2D eigenvalue weighted by Crippen LogP contribution is -2.56. The Hall–Kier alpha value is -1.87. The Labute approximate surface area is 182 Å². The molecule has 29 heavy (non-hydrogen) atoms. The Morgan fingerprint density at radius 3 is 2.17 bits per heavy atom. The van der Waals surface area contributed by atoms with Crippen molar-refractivity contribution in [1.82, 2.24) is 5.32 Å². The molecule has 0 radical (unpaired) electrons. The molecule has 0 aromatic heterocycles. The zero-order valence-corrected chi connectivity index (χ0v) is 21.2. The monoisotopic (exact) mass is 485 g/mol. The highest BCUT2D eigenvalue weighted by molar-refractivity contribution is 9.10. The number of cyclic esters (lactones) is 2. The fourth-order valence-corrected chi connectivity index (χ4v) is 4.42. The van der Waals surface area contributed by atoms with Gasteiger partial charge in [0.15, 0.2) is 5.92 Å². The summed E-state index contributed by atoms with van der Waals surface area (Å²) in [6, 6.07) is 7.65. The summed E-state index contributed by atoms with van der Waals surface area (Å²) in [7, 11) is 0.455. The van der Waals surface area contributed by atoms with Crippen LogP contribution in [0, 0.1) is 5.92 Å². The van der Waals surface area contributed by atoms with Crippen LogP contribution in [0.1, 0.15) is 46.6 Å². The fourth-order valence-electron chi connectivity index (χ4n) is 3.13. The predicted molar refractivity (Wildman–Crippen MR) is 114 cm³/mol. The SMILES string of the molecule is CC(C)(C)OC(=O)NC([SiH3])(Cc1ccc(Br)cc1)CC1C(=O)OC(C)(C)OC1=O. The van der Waals surface area contributed by atoms with Gasteiger partial charge in [-0.15, -0.1) is 0 Å². The number of alkyl carbamates (subject to hydrolysis) is 1. The van der Waals surface area contributed by atoms with Gasteiger partial charge >= 0.3 is 18.0 Å². The van der Waals surface area contributed by atoms with Crippen molar-refractivity contribution in [2.45, 2.75) is 64.0 Å². The molecule has 9 heteroatoms. The molecule has 1 fully saturated rings. The first-order valence-electron chi connectivity index (χ1n) is 9.39. The number of rotatable bonds is 5. The number of esters is 2. The molecule has 0 saturated carbocycles. The lowest BCUT2D eigenvalue weighted by atomic mass is 9.93. The van der Waals surface area contributed by atoms with Crippen LogP contribution in [0.2, 0.25) is 0 Å². The van der Waals surface area contributed by atoms with Crippen molar-refractivity contribution >= 4 is 44.2 Å². The van der Waals surface area contributed by atoms with Gasteiger partial charge in [0.05, 0.1) is 0 Å². The Morgan fingerprint density at radius 1 is 1.17 bits per heavy atom. The van der Waals surface area contributed by atoms with E-state index >= 15 is 0 Å². The van der Waals surface area contributed by atoms with Crippen LogP contribution >= 0.6 is 15.9 Å². The lowest BCUT2D eigenvalue weighted by molar-refractivity contribution is -0.240. The number of carbonyl (C=O) groups excluding carboxylic acids is 3. The third-order valence-electron chi connectivity index (χ3n) is 4.23. The van der Waals surface area contributed by atoms with Gasteiger partial charge < -0.3 is 19.5 Å². The molecule has 1 aliphatic heterocycles. The first kappa shape index (κ1) is 23.4. The van der Waals surface area contributed by atoms with Crippen molar-refractivity contribution in [1.29, 1.82) is 0 Å². The van der Waals surface area contributed by atoms with Crippen LogP contribution in [0.4, 0.5) is 4.79 Å². The summed E-state index contributed by atoms with van der Waals surface area (Å²) in [4.78, 5) is 37.4. The molecule has 1 atom stereocenters. The van der Waals surface area contributed by atoms with E-state index in [2.05, 4.69) is 21.2 Å². The molecule has 1 aromatic rings. The summed E-state index contributed by atoms with van der Waals surface area (Å²) >= 11 is 3.40. The van der Waals surface area contributed by atoms with E-state index in [1.807, 2.05) is 24.3 Å². The van der Waals surface area contributed by atoms with Gasteiger partial charge in [0.2, 0.25) is 0 Å². The van der Waals surface area contributed by atoms with Crippen molar-refractivity contribution in [2.24, 2.45) is 5.92 Å². The molecule has 1 aliphatic rings. The van der Waals surface area contributed by atoms with E-state index in [9.17, 15) is 14.4 Å². The van der Waals surface area contributed by atoms with Gasteiger partial charge in [-0.1, -0.05) is 28.1 Å². The van der Waals surface area contributed by atoms with Crippen LogP contribution in [-0.4, -0.2) is 44.8 Å². The maximum atomic E-state index is 12.5. The minimum Gasteiger partial charge on any atom is -0.444 e. The Bertz CT molecular complexity index is 769. The fraction of sp³-hybridized carbons (Fsp3) is 0.550. The van der Waals surface area contributed by atoms with Crippen LogP contribution in [0.15, 0.2) is 28.7 Å². The highest BCUT2D eigenvalue weighted by Gasteiger charge is 2.46. The van der Waals surface area contributed by atoms with E-state index in [1.54, 1.807) is 20.8 Å². The van der Waals surface area contributed by atoms with Crippen molar-refractivity contribution in [3.05, 3.63) is 34.3 Å². The summed E-state index contributed by atoms with van der Waals surface area (Å²) in [5.41, 5.74) is 0.286. The predicted octanol–water partition coefficient (Wildman–Crippen LogP) is 2.42. The highest BCUT2D eigenvalue weighted by atomic mass is 79.9. The molecule has 1 saturated heterocycles. The standard InChI is InChI=1S/C20H28BrNO6Si/c1-18(2,3)28-17(25)22-20(29,10-12-6-8-13(21)9-7-12)11-14-15(23)26-19(4,5)27-16(14)24/h6-9,14H,10-11H2,1-5,29H3,(H,22,25).